The summed E-state index contributed by atoms with van der Waals surface area (Å²) in [6, 6.07) is 12.3. The number of hydrogen-bond acceptors (Lipinski definition) is 6. The highest BCUT2D eigenvalue weighted by atomic mass is 32.1. The fourth-order valence-corrected chi connectivity index (χ4v) is 5.21. The van der Waals surface area contributed by atoms with Crippen molar-refractivity contribution < 1.29 is 23.9 Å². The summed E-state index contributed by atoms with van der Waals surface area (Å²) >= 11 is 4.03. The molecule has 10 nitrogen and oxygen atoms in total. The van der Waals surface area contributed by atoms with Crippen molar-refractivity contribution in [2.45, 2.75) is 50.2 Å². The Morgan fingerprint density at radius 3 is 2.55 bits per heavy atom. The van der Waals surface area contributed by atoms with Gasteiger partial charge in [-0.05, 0) is 48.6 Å². The number of amides is 4. The number of nitrogens with zero attached hydrogens (tertiary/aromatic N) is 1. The van der Waals surface area contributed by atoms with Crippen LogP contribution in [-0.2, 0) is 32.0 Å². The topological polar surface area (TPSA) is 147 Å². The molecule has 0 spiro atoms. The number of ether oxygens (including phenoxy) is 1. The Morgan fingerprint density at radius 2 is 1.85 bits per heavy atom. The van der Waals surface area contributed by atoms with Gasteiger partial charge in [-0.15, -0.1) is 0 Å². The quantitative estimate of drug-likeness (QED) is 0.225. The molecule has 3 aromatic rings. The molecule has 1 aliphatic heterocycles. The number of thiol groups is 1. The van der Waals surface area contributed by atoms with Crippen molar-refractivity contribution in [3.05, 3.63) is 65.9 Å². The van der Waals surface area contributed by atoms with Crippen LogP contribution in [0.2, 0.25) is 0 Å². The van der Waals surface area contributed by atoms with Crippen molar-refractivity contribution in [1.82, 2.24) is 20.5 Å². The molecule has 4 amide bonds. The second-order valence-corrected chi connectivity index (χ2v) is 10.2. The molecule has 1 aliphatic rings. The number of primary amides is 1. The van der Waals surface area contributed by atoms with Crippen molar-refractivity contribution >= 4 is 47.2 Å². The van der Waals surface area contributed by atoms with E-state index in [9.17, 15) is 19.2 Å². The predicted molar refractivity (Wildman–Crippen MR) is 155 cm³/mol. The average molecular weight is 566 g/mol. The minimum absolute atomic E-state index is 0.0670. The number of benzene rings is 2. The number of carbonyl (C=O) groups excluding carboxylic acids is 4. The first kappa shape index (κ1) is 29.0. The second kappa shape index (κ2) is 13.4. The third-order valence-electron chi connectivity index (χ3n) is 7.21. The number of carbonyl (C=O) groups is 4. The van der Waals surface area contributed by atoms with Gasteiger partial charge in [-0.1, -0.05) is 30.3 Å². The minimum Gasteiger partial charge on any atom is -0.497 e. The molecule has 1 aromatic heterocycles. The number of rotatable bonds is 11. The van der Waals surface area contributed by atoms with Gasteiger partial charge in [0, 0.05) is 36.5 Å². The predicted octanol–water partition coefficient (Wildman–Crippen LogP) is 1.73. The lowest BCUT2D eigenvalue weighted by molar-refractivity contribution is -0.145. The summed E-state index contributed by atoms with van der Waals surface area (Å²) in [6.07, 6.45) is 4.14. The maximum absolute atomic E-state index is 13.8. The van der Waals surface area contributed by atoms with Crippen molar-refractivity contribution in [3.63, 3.8) is 0 Å². The van der Waals surface area contributed by atoms with Gasteiger partial charge in [-0.3, -0.25) is 19.2 Å². The zero-order valence-corrected chi connectivity index (χ0v) is 23.3. The zero-order chi connectivity index (χ0) is 28.6. The van der Waals surface area contributed by atoms with Gasteiger partial charge >= 0.3 is 0 Å². The van der Waals surface area contributed by atoms with E-state index in [0.29, 0.717) is 18.7 Å². The van der Waals surface area contributed by atoms with Crippen LogP contribution in [0.1, 0.15) is 30.4 Å². The molecule has 1 saturated heterocycles. The molecule has 0 radical (unpaired) electrons. The summed E-state index contributed by atoms with van der Waals surface area (Å²) in [6.45, 7) is 0.364. The molecule has 2 aromatic carbocycles. The fraction of sp³-hybridized carbons (Fsp3) is 0.379. The molecular formula is C29H35N5O5S. The zero-order valence-electron chi connectivity index (χ0n) is 22.4. The normalized spacial score (nSPS) is 16.6. The van der Waals surface area contributed by atoms with E-state index in [1.165, 1.54) is 4.90 Å². The maximum Gasteiger partial charge on any atom is 0.246 e. The van der Waals surface area contributed by atoms with Gasteiger partial charge in [0.1, 0.15) is 23.9 Å². The molecule has 5 N–H and O–H groups in total. The average Bonchev–Trinajstić information content (AvgIpc) is 3.38. The number of methoxy groups -OCH3 is 1. The van der Waals surface area contributed by atoms with E-state index in [4.69, 9.17) is 10.5 Å². The molecule has 0 saturated carbocycles. The fourth-order valence-electron chi connectivity index (χ4n) is 5.12. The second-order valence-electron chi connectivity index (χ2n) is 9.90. The Kier molecular flexibility index (Phi) is 9.70. The number of aromatic amines is 1. The smallest absolute Gasteiger partial charge is 0.246 e. The number of piperidine rings is 1. The Morgan fingerprint density at radius 1 is 1.07 bits per heavy atom. The number of nitrogens with two attached hydrogens (primary N) is 1. The van der Waals surface area contributed by atoms with Gasteiger partial charge in [-0.25, -0.2) is 0 Å². The Labute approximate surface area is 238 Å². The lowest BCUT2D eigenvalue weighted by Crippen LogP contribution is -2.60. The van der Waals surface area contributed by atoms with E-state index in [2.05, 4.69) is 28.2 Å². The van der Waals surface area contributed by atoms with E-state index in [1.54, 1.807) is 13.3 Å². The summed E-state index contributed by atoms with van der Waals surface area (Å²) in [5.74, 6) is -1.25. The summed E-state index contributed by atoms with van der Waals surface area (Å²) in [5, 5.41) is 6.41. The van der Waals surface area contributed by atoms with Gasteiger partial charge < -0.3 is 31.0 Å². The number of aromatic nitrogens is 1. The molecule has 2 heterocycles. The maximum atomic E-state index is 13.8. The number of nitrogens with one attached hydrogen (secondary N) is 3. The van der Waals surface area contributed by atoms with Crippen molar-refractivity contribution in [2.24, 2.45) is 5.73 Å². The summed E-state index contributed by atoms with van der Waals surface area (Å²) in [7, 11) is 1.57. The van der Waals surface area contributed by atoms with E-state index >= 15 is 0 Å². The first-order valence-electron chi connectivity index (χ1n) is 13.3. The summed E-state index contributed by atoms with van der Waals surface area (Å²) in [5.41, 5.74) is 8.24. The van der Waals surface area contributed by atoms with Crippen LogP contribution < -0.4 is 21.1 Å². The van der Waals surface area contributed by atoms with Gasteiger partial charge in [0.2, 0.25) is 23.6 Å². The molecule has 40 heavy (non-hydrogen) atoms. The highest BCUT2D eigenvalue weighted by molar-refractivity contribution is 7.81. The molecule has 0 unspecified atom stereocenters. The standard InChI is InChI=1S/C29H35N5O5S/c1-39-20-10-11-22-21(15-20)19(16-31-22)14-23(27(30)36)33-28(37)25-9-5-6-12-34(25)29(38)24(32-26(35)17-40)13-18-7-3-2-4-8-18/h2-4,7-8,10-11,15-16,23-25,31,40H,5-6,9,12-14,17H2,1H3,(H2,30,36)(H,32,35)(H,33,37)/t23-,24-,25-/m0/s1. The van der Waals surface area contributed by atoms with Crippen molar-refractivity contribution in [1.29, 1.82) is 0 Å². The molecule has 4 rings (SSSR count). The largest absolute Gasteiger partial charge is 0.497 e. The number of H-pyrrole nitrogens is 1. The molecule has 11 heteroatoms. The van der Waals surface area contributed by atoms with Gasteiger partial charge in [0.05, 0.1) is 12.9 Å². The van der Waals surface area contributed by atoms with E-state index < -0.39 is 29.9 Å². The van der Waals surface area contributed by atoms with Crippen LogP contribution in [0.4, 0.5) is 0 Å². The molecule has 1 fully saturated rings. The molecule has 212 valence electrons. The lowest BCUT2D eigenvalue weighted by atomic mass is 9.97. The molecule has 0 bridgehead atoms. The minimum atomic E-state index is -0.986. The first-order chi connectivity index (χ1) is 19.3. The SMILES string of the molecule is COc1ccc2[nH]cc(C[C@H](NC(=O)[C@@H]3CCCCN3C(=O)[C@H](Cc3ccccc3)NC(=O)CS)C(N)=O)c2c1. The molecule has 3 atom stereocenters. The van der Waals surface area contributed by atoms with Crippen molar-refractivity contribution in [3.8, 4) is 5.75 Å². The summed E-state index contributed by atoms with van der Waals surface area (Å²) in [4.78, 5) is 56.6. The van der Waals surface area contributed by atoms with Gasteiger partial charge in [0.15, 0.2) is 0 Å². The monoisotopic (exact) mass is 565 g/mol. The van der Waals surface area contributed by atoms with Crippen LogP contribution >= 0.6 is 12.6 Å². The van der Waals surface area contributed by atoms with Gasteiger partial charge in [0.25, 0.3) is 0 Å². The van der Waals surface area contributed by atoms with Crippen LogP contribution in [0.15, 0.2) is 54.7 Å². The third kappa shape index (κ3) is 6.95. The number of hydrogen-bond donors (Lipinski definition) is 5. The van der Waals surface area contributed by atoms with Crippen LogP contribution in [-0.4, -0.2) is 71.0 Å². The van der Waals surface area contributed by atoms with Crippen LogP contribution in [0.25, 0.3) is 10.9 Å². The van der Waals surface area contributed by atoms with E-state index in [-0.39, 0.29) is 30.4 Å². The number of likely N-dealkylation sites (tertiary alicyclic amines) is 1. The highest BCUT2D eigenvalue weighted by Crippen LogP contribution is 2.25. The van der Waals surface area contributed by atoms with Crippen LogP contribution in [0, 0.1) is 0 Å². The van der Waals surface area contributed by atoms with Crippen molar-refractivity contribution in [2.75, 3.05) is 19.4 Å². The molecular weight excluding hydrogens is 530 g/mol. The first-order valence-corrected chi connectivity index (χ1v) is 13.9. The number of fused-ring (bicyclic) bond motifs is 1. The Bertz CT molecular complexity index is 1360. The lowest BCUT2D eigenvalue weighted by Gasteiger charge is -2.37. The van der Waals surface area contributed by atoms with E-state index in [1.807, 2.05) is 48.5 Å². The third-order valence-corrected chi connectivity index (χ3v) is 7.49. The molecule has 0 aliphatic carbocycles. The Hall–Kier alpha value is -3.99. The van der Waals surface area contributed by atoms with E-state index in [0.717, 1.165) is 34.9 Å². The van der Waals surface area contributed by atoms with Crippen LogP contribution in [0.3, 0.4) is 0 Å². The van der Waals surface area contributed by atoms with Crippen LogP contribution in [0.5, 0.6) is 5.75 Å². The highest BCUT2D eigenvalue weighted by Gasteiger charge is 2.37. The summed E-state index contributed by atoms with van der Waals surface area (Å²) < 4.78 is 5.32. The van der Waals surface area contributed by atoms with Gasteiger partial charge in [-0.2, -0.15) is 12.6 Å². The Balaban J connectivity index is 1.52.